The third-order valence-electron chi connectivity index (χ3n) is 5.84. The molecule has 1 N–H and O–H groups in total. The highest BCUT2D eigenvalue weighted by molar-refractivity contribution is 6.31. The zero-order valence-corrected chi connectivity index (χ0v) is 16.9. The van der Waals surface area contributed by atoms with Gasteiger partial charge in [-0.2, -0.15) is 8.78 Å². The van der Waals surface area contributed by atoms with Crippen molar-refractivity contribution in [3.8, 4) is 0 Å². The van der Waals surface area contributed by atoms with Crippen LogP contribution in [-0.4, -0.2) is 45.6 Å². The maximum atomic E-state index is 14.6. The van der Waals surface area contributed by atoms with Gasteiger partial charge in [-0.1, -0.05) is 29.8 Å². The molecule has 0 saturated heterocycles. The van der Waals surface area contributed by atoms with E-state index in [9.17, 15) is 23.2 Å². The Balaban J connectivity index is 1.41. The van der Waals surface area contributed by atoms with E-state index >= 15 is 0 Å². The molecule has 6 nitrogen and oxygen atoms in total. The molecule has 1 aromatic heterocycles. The number of aromatic nitrogens is 1. The Labute approximate surface area is 180 Å². The van der Waals surface area contributed by atoms with Crippen LogP contribution in [0.4, 0.5) is 8.78 Å². The van der Waals surface area contributed by atoms with Gasteiger partial charge >= 0.3 is 11.8 Å². The normalized spacial score (nSPS) is 17.6. The fourth-order valence-corrected chi connectivity index (χ4v) is 4.42. The number of nitrogens with one attached hydrogen (secondary N) is 1. The lowest BCUT2D eigenvalue weighted by Crippen LogP contribution is -2.54. The molecule has 2 aliphatic heterocycles. The van der Waals surface area contributed by atoms with Crippen LogP contribution < -0.4 is 0 Å². The first-order valence-corrected chi connectivity index (χ1v) is 10.1. The third kappa shape index (κ3) is 3.01. The quantitative estimate of drug-likeness (QED) is 0.616. The Hall–Kier alpha value is -3.26. The number of alkyl halides is 2. The lowest BCUT2D eigenvalue weighted by molar-refractivity contribution is -0.159. The summed E-state index contributed by atoms with van der Waals surface area (Å²) < 4.78 is 29.2. The number of carbonyl (C=O) groups is 3. The molecule has 5 rings (SSSR count). The van der Waals surface area contributed by atoms with Crippen LogP contribution in [-0.2, 0) is 28.5 Å². The summed E-state index contributed by atoms with van der Waals surface area (Å²) in [6, 6.07) is 10.5. The van der Waals surface area contributed by atoms with Crippen molar-refractivity contribution in [2.45, 2.75) is 18.9 Å². The molecule has 158 valence electrons. The number of fused-ring (bicyclic) bond motifs is 4. The minimum atomic E-state index is -3.87. The lowest BCUT2D eigenvalue weighted by atomic mass is 9.95. The van der Waals surface area contributed by atoms with Gasteiger partial charge in [0.25, 0.3) is 5.91 Å². The minimum Gasteiger partial charge on any atom is -0.358 e. The van der Waals surface area contributed by atoms with Gasteiger partial charge in [0.05, 0.1) is 0 Å². The number of benzene rings is 2. The first-order chi connectivity index (χ1) is 14.8. The highest BCUT2D eigenvalue weighted by Gasteiger charge is 2.53. The molecule has 3 aromatic rings. The van der Waals surface area contributed by atoms with Crippen molar-refractivity contribution in [2.75, 3.05) is 13.1 Å². The van der Waals surface area contributed by atoms with Crippen molar-refractivity contribution in [1.82, 2.24) is 14.8 Å². The van der Waals surface area contributed by atoms with E-state index < -0.39 is 35.8 Å². The van der Waals surface area contributed by atoms with Gasteiger partial charge in [-0.25, -0.2) is 0 Å². The van der Waals surface area contributed by atoms with Crippen LogP contribution in [0.2, 0.25) is 5.02 Å². The van der Waals surface area contributed by atoms with E-state index in [0.29, 0.717) is 22.9 Å². The average molecular weight is 444 g/mol. The van der Waals surface area contributed by atoms with Crippen molar-refractivity contribution < 1.29 is 23.2 Å². The molecule has 0 fully saturated rings. The summed E-state index contributed by atoms with van der Waals surface area (Å²) in [5.41, 5.74) is 1.86. The highest BCUT2D eigenvalue weighted by Crippen LogP contribution is 2.37. The molecule has 0 spiro atoms. The summed E-state index contributed by atoms with van der Waals surface area (Å²) in [6.07, 6.45) is 0.536. The van der Waals surface area contributed by atoms with Crippen molar-refractivity contribution in [3.05, 3.63) is 69.9 Å². The Morgan fingerprint density at radius 1 is 1.16 bits per heavy atom. The largest absolute Gasteiger partial charge is 0.358 e. The second kappa shape index (κ2) is 6.88. The smallest absolute Gasteiger partial charge is 0.351 e. The number of nitrogens with zero attached hydrogens (tertiary/aromatic N) is 2. The second-order valence-corrected chi connectivity index (χ2v) is 8.09. The molecule has 2 aliphatic rings. The van der Waals surface area contributed by atoms with Crippen molar-refractivity contribution in [1.29, 1.82) is 0 Å². The summed E-state index contributed by atoms with van der Waals surface area (Å²) in [6.45, 7) is -0.159. The molecule has 0 aliphatic carbocycles. The Bertz CT molecular complexity index is 1270. The molecular weight excluding hydrogens is 428 g/mol. The molecule has 2 aromatic carbocycles. The number of halogens is 3. The molecular formula is C22H16ClF2N3O3. The molecule has 3 heterocycles. The molecule has 0 unspecified atom stereocenters. The zero-order chi connectivity index (χ0) is 21.9. The predicted octanol–water partition coefficient (Wildman–Crippen LogP) is 3.48. The van der Waals surface area contributed by atoms with Crippen LogP contribution >= 0.6 is 11.6 Å². The Morgan fingerprint density at radius 3 is 2.74 bits per heavy atom. The van der Waals surface area contributed by atoms with Crippen molar-refractivity contribution in [2.24, 2.45) is 0 Å². The summed E-state index contributed by atoms with van der Waals surface area (Å²) in [5, 5.41) is 1.44. The number of hydrogen-bond acceptors (Lipinski definition) is 3. The molecule has 0 saturated carbocycles. The van der Waals surface area contributed by atoms with Gasteiger partial charge < -0.3 is 9.88 Å². The van der Waals surface area contributed by atoms with E-state index in [1.807, 2.05) is 6.07 Å². The number of H-pyrrole nitrogens is 1. The van der Waals surface area contributed by atoms with Crippen LogP contribution in [0.3, 0.4) is 0 Å². The van der Waals surface area contributed by atoms with E-state index in [2.05, 4.69) is 4.98 Å². The number of rotatable bonds is 2. The standard InChI is InChI=1S/C22H16ClF2N3O3/c23-12-5-6-17-14(9-12)15-10-27(8-7-18(15)26-17)19(29)11-28-20(30)13-3-1-2-4-16(13)22(24,25)21(28)31/h1-6,9,26H,7-8,10-11H2. The number of hydrogen-bond donors (Lipinski definition) is 1. The number of imide groups is 1. The molecule has 0 bridgehead atoms. The van der Waals surface area contributed by atoms with Gasteiger partial charge in [0.2, 0.25) is 5.91 Å². The maximum absolute atomic E-state index is 14.6. The van der Waals surface area contributed by atoms with E-state index in [0.717, 1.165) is 28.2 Å². The summed E-state index contributed by atoms with van der Waals surface area (Å²) >= 11 is 6.10. The topological polar surface area (TPSA) is 73.5 Å². The first-order valence-electron chi connectivity index (χ1n) is 9.67. The molecule has 0 atom stereocenters. The van der Waals surface area contributed by atoms with Crippen LogP contribution in [0.15, 0.2) is 42.5 Å². The van der Waals surface area contributed by atoms with Gasteiger partial charge in [-0.05, 0) is 24.3 Å². The van der Waals surface area contributed by atoms with Crippen LogP contribution in [0.5, 0.6) is 0 Å². The van der Waals surface area contributed by atoms with Crippen LogP contribution in [0.1, 0.15) is 27.2 Å². The first kappa shape index (κ1) is 19.7. The number of carbonyl (C=O) groups excluding carboxylic acids is 3. The number of aromatic amines is 1. The molecule has 3 amide bonds. The van der Waals surface area contributed by atoms with Gasteiger partial charge in [0.15, 0.2) is 0 Å². The third-order valence-corrected chi connectivity index (χ3v) is 6.07. The van der Waals surface area contributed by atoms with E-state index in [1.165, 1.54) is 23.1 Å². The van der Waals surface area contributed by atoms with Gasteiger partial charge in [0.1, 0.15) is 6.54 Å². The fraction of sp³-hybridized carbons (Fsp3) is 0.227. The predicted molar refractivity (Wildman–Crippen MR) is 109 cm³/mol. The Morgan fingerprint density at radius 2 is 1.94 bits per heavy atom. The van der Waals surface area contributed by atoms with Gasteiger partial charge in [-0.3, -0.25) is 19.3 Å². The fourth-order valence-electron chi connectivity index (χ4n) is 4.24. The molecule has 9 heteroatoms. The second-order valence-electron chi connectivity index (χ2n) is 7.65. The zero-order valence-electron chi connectivity index (χ0n) is 16.1. The summed E-state index contributed by atoms with van der Waals surface area (Å²) in [7, 11) is 0. The Kier molecular flexibility index (Phi) is 4.37. The van der Waals surface area contributed by atoms with Crippen molar-refractivity contribution >= 4 is 40.2 Å². The SMILES string of the molecule is O=C(CN1C(=O)c2ccccc2C(F)(F)C1=O)N1CCc2[nH]c3ccc(Cl)cc3c2C1. The monoisotopic (exact) mass is 443 g/mol. The summed E-state index contributed by atoms with van der Waals surface area (Å²) in [5.74, 6) is -7.01. The van der Waals surface area contributed by atoms with Crippen molar-refractivity contribution in [3.63, 3.8) is 0 Å². The number of amides is 3. The summed E-state index contributed by atoms with van der Waals surface area (Å²) in [4.78, 5) is 43.1. The van der Waals surface area contributed by atoms with Gasteiger partial charge in [-0.15, -0.1) is 0 Å². The average Bonchev–Trinajstić information content (AvgIpc) is 3.12. The minimum absolute atomic E-state index is 0.234. The lowest BCUT2D eigenvalue weighted by Gasteiger charge is -2.34. The van der Waals surface area contributed by atoms with E-state index in [-0.39, 0.29) is 12.1 Å². The van der Waals surface area contributed by atoms with E-state index in [1.54, 1.807) is 12.1 Å². The van der Waals surface area contributed by atoms with E-state index in [4.69, 9.17) is 11.6 Å². The van der Waals surface area contributed by atoms with Crippen LogP contribution in [0, 0.1) is 0 Å². The molecule has 31 heavy (non-hydrogen) atoms. The molecule has 0 radical (unpaired) electrons. The van der Waals surface area contributed by atoms with Crippen LogP contribution in [0.25, 0.3) is 10.9 Å². The highest BCUT2D eigenvalue weighted by atomic mass is 35.5. The maximum Gasteiger partial charge on any atom is 0.351 e. The van der Waals surface area contributed by atoms with Gasteiger partial charge in [0, 0.05) is 57.8 Å².